The SMILES string of the molecule is CC1CCCc2cccc(-c3c(Cl)cc4c(N5CC[C@H]6C(=O)O[C@H]6C5)nc(OC[C@@]56CCCN5C[C@H](F)C6)nc4c3F)c21. The van der Waals surface area contributed by atoms with Crippen molar-refractivity contribution in [1.82, 2.24) is 14.9 Å². The van der Waals surface area contributed by atoms with Crippen LogP contribution in [0.1, 0.15) is 62.5 Å². The molecule has 0 amide bonds. The van der Waals surface area contributed by atoms with Crippen LogP contribution in [-0.2, 0) is 16.0 Å². The number of alkyl halides is 1. The summed E-state index contributed by atoms with van der Waals surface area (Å²) in [6.45, 7) is 4.71. The van der Waals surface area contributed by atoms with Gasteiger partial charge < -0.3 is 14.4 Å². The average molecular weight is 609 g/mol. The molecule has 3 aromatic rings. The number of anilines is 1. The monoisotopic (exact) mass is 608 g/mol. The predicted octanol–water partition coefficient (Wildman–Crippen LogP) is 6.24. The van der Waals surface area contributed by atoms with E-state index in [0.29, 0.717) is 54.3 Å². The maximum absolute atomic E-state index is 16.9. The Morgan fingerprint density at radius 2 is 2.07 bits per heavy atom. The lowest BCUT2D eigenvalue weighted by atomic mass is 9.79. The molecule has 4 fully saturated rings. The van der Waals surface area contributed by atoms with E-state index in [1.807, 2.05) is 17.0 Å². The Morgan fingerprint density at radius 1 is 1.19 bits per heavy atom. The number of aryl methyl sites for hydroxylation is 1. The molecule has 1 aromatic heterocycles. The van der Waals surface area contributed by atoms with Crippen LogP contribution in [0.15, 0.2) is 24.3 Å². The normalized spacial score (nSPS) is 30.0. The molecule has 1 unspecified atom stereocenters. The number of fused-ring (bicyclic) bond motifs is 4. The Hall–Kier alpha value is -3.04. The van der Waals surface area contributed by atoms with Gasteiger partial charge in [0.15, 0.2) is 5.82 Å². The van der Waals surface area contributed by atoms with E-state index >= 15 is 4.39 Å². The first kappa shape index (κ1) is 27.5. The molecule has 5 atom stereocenters. The van der Waals surface area contributed by atoms with E-state index in [1.165, 1.54) is 5.56 Å². The van der Waals surface area contributed by atoms with Crippen molar-refractivity contribution in [3.8, 4) is 17.1 Å². The number of carbonyl (C=O) groups excluding carboxylic acids is 1. The third kappa shape index (κ3) is 4.40. The Morgan fingerprint density at radius 3 is 2.91 bits per heavy atom. The van der Waals surface area contributed by atoms with Gasteiger partial charge in [-0.2, -0.15) is 9.97 Å². The predicted molar refractivity (Wildman–Crippen MR) is 160 cm³/mol. The average Bonchev–Trinajstić information content (AvgIpc) is 3.51. The van der Waals surface area contributed by atoms with Crippen LogP contribution < -0.4 is 9.64 Å². The first-order valence-electron chi connectivity index (χ1n) is 15.6. The summed E-state index contributed by atoms with van der Waals surface area (Å²) >= 11 is 6.93. The van der Waals surface area contributed by atoms with E-state index in [4.69, 9.17) is 26.1 Å². The minimum absolute atomic E-state index is 0.0643. The molecule has 4 saturated heterocycles. The second-order valence-corrected chi connectivity index (χ2v) is 13.5. The number of ether oxygens (including phenoxy) is 2. The number of nitrogens with zero attached hydrogens (tertiary/aromatic N) is 4. The molecule has 0 saturated carbocycles. The van der Waals surface area contributed by atoms with Gasteiger partial charge in [0.25, 0.3) is 0 Å². The number of rotatable bonds is 5. The molecule has 8 rings (SSSR count). The van der Waals surface area contributed by atoms with Gasteiger partial charge in [0.1, 0.15) is 30.2 Å². The molecule has 0 spiro atoms. The van der Waals surface area contributed by atoms with Crippen LogP contribution in [0.4, 0.5) is 14.6 Å². The van der Waals surface area contributed by atoms with Crippen LogP contribution in [0.3, 0.4) is 0 Å². The topological polar surface area (TPSA) is 67.8 Å². The molecule has 0 radical (unpaired) electrons. The molecule has 10 heteroatoms. The van der Waals surface area contributed by atoms with Crippen molar-refractivity contribution in [2.75, 3.05) is 37.7 Å². The van der Waals surface area contributed by atoms with Gasteiger partial charge in [0.2, 0.25) is 0 Å². The minimum Gasteiger partial charge on any atom is -0.461 e. The Bertz CT molecular complexity index is 1640. The van der Waals surface area contributed by atoms with E-state index in [2.05, 4.69) is 22.9 Å². The lowest BCUT2D eigenvalue weighted by Gasteiger charge is -2.44. The summed E-state index contributed by atoms with van der Waals surface area (Å²) in [5, 5.41) is 0.797. The molecule has 1 aliphatic carbocycles. The van der Waals surface area contributed by atoms with E-state index in [9.17, 15) is 9.18 Å². The number of esters is 1. The summed E-state index contributed by atoms with van der Waals surface area (Å²) < 4.78 is 43.0. The third-order valence-electron chi connectivity index (χ3n) is 10.5. The number of carbonyl (C=O) groups is 1. The first-order chi connectivity index (χ1) is 20.8. The van der Waals surface area contributed by atoms with Crippen LogP contribution in [0.2, 0.25) is 5.02 Å². The highest BCUT2D eigenvalue weighted by Gasteiger charge is 2.50. The number of hydrogen-bond acceptors (Lipinski definition) is 7. The van der Waals surface area contributed by atoms with Gasteiger partial charge in [-0.1, -0.05) is 36.7 Å². The highest BCUT2D eigenvalue weighted by molar-refractivity contribution is 6.34. The van der Waals surface area contributed by atoms with Crippen molar-refractivity contribution in [2.24, 2.45) is 5.92 Å². The number of halogens is 3. The first-order valence-corrected chi connectivity index (χ1v) is 16.0. The van der Waals surface area contributed by atoms with Gasteiger partial charge in [-0.15, -0.1) is 0 Å². The molecule has 43 heavy (non-hydrogen) atoms. The number of hydrogen-bond donors (Lipinski definition) is 0. The fourth-order valence-corrected chi connectivity index (χ4v) is 8.69. The zero-order valence-electron chi connectivity index (χ0n) is 24.3. The molecule has 0 N–H and O–H groups in total. The molecule has 226 valence electrons. The summed E-state index contributed by atoms with van der Waals surface area (Å²) in [5.41, 5.74) is 3.29. The summed E-state index contributed by atoms with van der Waals surface area (Å²) in [4.78, 5) is 25.5. The molecule has 5 heterocycles. The number of benzene rings is 2. The minimum atomic E-state index is -0.884. The summed E-state index contributed by atoms with van der Waals surface area (Å²) in [6, 6.07) is 7.88. The number of piperidine rings is 1. The second-order valence-electron chi connectivity index (χ2n) is 13.1. The fourth-order valence-electron chi connectivity index (χ4n) is 8.40. The summed E-state index contributed by atoms with van der Waals surface area (Å²) in [5.74, 6) is 0.0206. The van der Waals surface area contributed by atoms with Crippen molar-refractivity contribution >= 4 is 34.3 Å². The molecule has 4 aliphatic heterocycles. The van der Waals surface area contributed by atoms with Crippen LogP contribution in [0.25, 0.3) is 22.0 Å². The highest BCUT2D eigenvalue weighted by Crippen LogP contribution is 2.46. The highest BCUT2D eigenvalue weighted by atomic mass is 35.5. The van der Waals surface area contributed by atoms with Crippen LogP contribution >= 0.6 is 11.6 Å². The molecule has 7 nitrogen and oxygen atoms in total. The van der Waals surface area contributed by atoms with Gasteiger partial charge >= 0.3 is 12.0 Å². The maximum atomic E-state index is 16.9. The van der Waals surface area contributed by atoms with Gasteiger partial charge in [-0.25, -0.2) is 8.78 Å². The van der Waals surface area contributed by atoms with Gasteiger partial charge in [0.05, 0.1) is 23.0 Å². The second kappa shape index (κ2) is 10.3. The zero-order valence-corrected chi connectivity index (χ0v) is 25.0. The summed E-state index contributed by atoms with van der Waals surface area (Å²) in [7, 11) is 0. The molecular formula is C33H35ClF2N4O3. The fraction of sp³-hybridized carbons (Fsp3) is 0.545. The lowest BCUT2D eigenvalue weighted by molar-refractivity contribution is -0.185. The molecule has 5 aliphatic rings. The number of aromatic nitrogens is 2. The Labute approximate surface area is 254 Å². The largest absolute Gasteiger partial charge is 0.461 e. The Balaban J connectivity index is 1.24. The van der Waals surface area contributed by atoms with Crippen molar-refractivity contribution in [3.05, 3.63) is 46.2 Å². The van der Waals surface area contributed by atoms with Crippen molar-refractivity contribution in [2.45, 2.75) is 75.6 Å². The Kier molecular flexibility index (Phi) is 6.56. The molecular weight excluding hydrogens is 574 g/mol. The van der Waals surface area contributed by atoms with E-state index < -0.39 is 12.0 Å². The maximum Gasteiger partial charge on any atom is 0.319 e. The molecule has 0 bridgehead atoms. The van der Waals surface area contributed by atoms with Crippen molar-refractivity contribution in [3.63, 3.8) is 0 Å². The van der Waals surface area contributed by atoms with Crippen molar-refractivity contribution < 1.29 is 23.0 Å². The van der Waals surface area contributed by atoms with Crippen molar-refractivity contribution in [1.29, 1.82) is 0 Å². The third-order valence-corrected chi connectivity index (χ3v) is 10.8. The van der Waals surface area contributed by atoms with Gasteiger partial charge in [0, 0.05) is 30.5 Å². The van der Waals surface area contributed by atoms with Crippen LogP contribution in [-0.4, -0.2) is 71.4 Å². The van der Waals surface area contributed by atoms with Crippen LogP contribution in [0.5, 0.6) is 6.01 Å². The molecule has 2 aromatic carbocycles. The van der Waals surface area contributed by atoms with Crippen LogP contribution in [0, 0.1) is 11.7 Å². The van der Waals surface area contributed by atoms with Gasteiger partial charge in [-0.05, 0) is 73.7 Å². The quantitative estimate of drug-likeness (QED) is 0.318. The van der Waals surface area contributed by atoms with E-state index in [1.54, 1.807) is 6.07 Å². The van der Waals surface area contributed by atoms with E-state index in [0.717, 1.165) is 49.8 Å². The van der Waals surface area contributed by atoms with E-state index in [-0.39, 0.29) is 47.6 Å². The lowest BCUT2D eigenvalue weighted by Crippen LogP contribution is -2.56. The zero-order chi connectivity index (χ0) is 29.5. The standard InChI is InChI=1S/C33H35ClF2N4O3/c1-18-5-2-6-19-7-3-8-22(26(18)19)27-24(34)13-23-29(28(27)36)37-32(42-17-33-10-4-11-40(33)15-20(35)14-33)38-30(23)39-12-9-21-25(16-39)43-31(21)41/h3,7-8,13,18,20-21,25H,2,4-6,9-12,14-17H2,1H3/t18?,20-,21-,25+,33+/m1/s1. The summed E-state index contributed by atoms with van der Waals surface area (Å²) in [6.07, 6.45) is 4.89. The smallest absolute Gasteiger partial charge is 0.319 e. The van der Waals surface area contributed by atoms with Gasteiger partial charge in [-0.3, -0.25) is 9.69 Å².